The van der Waals surface area contributed by atoms with Crippen LogP contribution in [0.25, 0.3) is 11.3 Å². The molecule has 0 N–H and O–H groups in total. The number of benzene rings is 2. The summed E-state index contributed by atoms with van der Waals surface area (Å²) >= 11 is 0. The lowest BCUT2D eigenvalue weighted by molar-refractivity contribution is -0.125. The van der Waals surface area contributed by atoms with Crippen molar-refractivity contribution in [3.63, 3.8) is 0 Å². The zero-order valence-corrected chi connectivity index (χ0v) is 19.1. The number of para-hydroxylation sites is 1. The molecule has 0 spiro atoms. The molecule has 1 fully saturated rings. The number of morpholine rings is 1. The standard InChI is InChI=1S/C26H23FN4O4/c1-34-24-16-29(23-8-7-19(15-21(23)27)30-13-14-35-17-25(30)32)12-10-20(26(24)33)22-9-11-28-31(22)18-5-3-2-4-6-18/h2-11,15-16H,12-14,17H2,1H3. The second kappa shape index (κ2) is 9.55. The van der Waals surface area contributed by atoms with Gasteiger partial charge in [-0.3, -0.25) is 9.59 Å². The molecule has 5 rings (SSSR count). The first-order chi connectivity index (χ1) is 17.1. The van der Waals surface area contributed by atoms with E-state index in [0.29, 0.717) is 30.1 Å². The fraction of sp³-hybridized carbons (Fsp3) is 0.192. The molecule has 0 saturated carbocycles. The van der Waals surface area contributed by atoms with Crippen molar-refractivity contribution in [3.8, 4) is 5.69 Å². The highest BCUT2D eigenvalue weighted by Crippen LogP contribution is 2.30. The van der Waals surface area contributed by atoms with Gasteiger partial charge in [0.25, 0.3) is 5.91 Å². The molecule has 3 heterocycles. The van der Waals surface area contributed by atoms with Crippen molar-refractivity contribution >= 4 is 28.6 Å². The molecule has 3 aromatic rings. The van der Waals surface area contributed by atoms with Gasteiger partial charge in [0.2, 0.25) is 5.78 Å². The number of ether oxygens (including phenoxy) is 2. The van der Waals surface area contributed by atoms with Crippen LogP contribution in [0.4, 0.5) is 15.8 Å². The number of carbonyl (C=O) groups is 2. The molecule has 0 bridgehead atoms. The van der Waals surface area contributed by atoms with Gasteiger partial charge < -0.3 is 19.3 Å². The van der Waals surface area contributed by atoms with Gasteiger partial charge in [-0.2, -0.15) is 5.10 Å². The molecular weight excluding hydrogens is 451 g/mol. The second-order valence-electron chi connectivity index (χ2n) is 7.99. The van der Waals surface area contributed by atoms with Crippen LogP contribution in [0, 0.1) is 5.82 Å². The van der Waals surface area contributed by atoms with E-state index < -0.39 is 5.82 Å². The third-order valence-electron chi connectivity index (χ3n) is 5.91. The molecule has 2 aliphatic rings. The number of Topliss-reactive ketones (excluding diaryl/α,β-unsaturated/α-hetero) is 1. The van der Waals surface area contributed by atoms with Crippen molar-refractivity contribution in [3.05, 3.63) is 90.3 Å². The molecule has 0 radical (unpaired) electrons. The molecule has 8 nitrogen and oxygen atoms in total. The Morgan fingerprint density at radius 3 is 2.63 bits per heavy atom. The summed E-state index contributed by atoms with van der Waals surface area (Å²) in [6, 6.07) is 15.8. The minimum absolute atomic E-state index is 0.0231. The number of anilines is 2. The Labute approximate surface area is 201 Å². The molecule has 0 unspecified atom stereocenters. The average molecular weight is 474 g/mol. The summed E-state index contributed by atoms with van der Waals surface area (Å²) < 4.78 is 27.5. The van der Waals surface area contributed by atoms with Crippen LogP contribution in [0.15, 0.2) is 78.8 Å². The van der Waals surface area contributed by atoms with Crippen LogP contribution in [0.2, 0.25) is 0 Å². The van der Waals surface area contributed by atoms with Crippen LogP contribution in [-0.4, -0.2) is 54.9 Å². The van der Waals surface area contributed by atoms with Crippen LogP contribution in [0.3, 0.4) is 0 Å². The van der Waals surface area contributed by atoms with E-state index >= 15 is 4.39 Å². The Bertz CT molecular complexity index is 1330. The number of aromatic nitrogens is 2. The first-order valence-electron chi connectivity index (χ1n) is 11.1. The van der Waals surface area contributed by atoms with Crippen molar-refractivity contribution in [2.75, 3.05) is 43.2 Å². The Balaban J connectivity index is 1.48. The maximum Gasteiger partial charge on any atom is 0.253 e. The highest BCUT2D eigenvalue weighted by atomic mass is 19.1. The lowest BCUT2D eigenvalue weighted by Gasteiger charge is -2.27. The molecule has 0 aliphatic carbocycles. The van der Waals surface area contributed by atoms with E-state index in [4.69, 9.17) is 9.47 Å². The van der Waals surface area contributed by atoms with Crippen LogP contribution in [-0.2, 0) is 19.1 Å². The monoisotopic (exact) mass is 474 g/mol. The average Bonchev–Trinajstić information content (AvgIpc) is 3.30. The second-order valence-corrected chi connectivity index (χ2v) is 7.99. The van der Waals surface area contributed by atoms with Gasteiger partial charge in [-0.1, -0.05) is 24.3 Å². The third kappa shape index (κ3) is 4.33. The maximum atomic E-state index is 15.2. The Morgan fingerprint density at radius 1 is 1.06 bits per heavy atom. The summed E-state index contributed by atoms with van der Waals surface area (Å²) in [5, 5.41) is 4.38. The zero-order valence-electron chi connectivity index (χ0n) is 19.1. The molecule has 1 amide bonds. The Kier molecular flexibility index (Phi) is 6.15. The number of hydrogen-bond acceptors (Lipinski definition) is 6. The van der Waals surface area contributed by atoms with Crippen molar-refractivity contribution in [1.29, 1.82) is 0 Å². The van der Waals surface area contributed by atoms with E-state index in [-0.39, 0.29) is 36.3 Å². The van der Waals surface area contributed by atoms with Gasteiger partial charge in [0.15, 0.2) is 5.76 Å². The number of hydrogen-bond donors (Lipinski definition) is 0. The minimum Gasteiger partial charge on any atom is -0.491 e. The van der Waals surface area contributed by atoms with Gasteiger partial charge in [-0.15, -0.1) is 0 Å². The van der Waals surface area contributed by atoms with Gasteiger partial charge in [-0.25, -0.2) is 9.07 Å². The van der Waals surface area contributed by atoms with Gasteiger partial charge in [0.1, 0.15) is 12.4 Å². The summed E-state index contributed by atoms with van der Waals surface area (Å²) in [7, 11) is 1.41. The molecule has 178 valence electrons. The molecule has 9 heteroatoms. The Morgan fingerprint density at radius 2 is 1.89 bits per heavy atom. The SMILES string of the molecule is COC1=CN(c2ccc(N3CCOCC3=O)cc2F)CC=C(c2ccnn2-c2ccccc2)C1=O. The number of allylic oxidation sites excluding steroid dienone is 1. The number of ketones is 1. The number of amides is 1. The molecule has 0 atom stereocenters. The largest absolute Gasteiger partial charge is 0.491 e. The zero-order chi connectivity index (χ0) is 24.4. The fourth-order valence-electron chi connectivity index (χ4n) is 4.17. The molecule has 2 aliphatic heterocycles. The summed E-state index contributed by atoms with van der Waals surface area (Å²) in [4.78, 5) is 28.6. The van der Waals surface area contributed by atoms with Gasteiger partial charge in [-0.05, 0) is 36.4 Å². The van der Waals surface area contributed by atoms with Crippen molar-refractivity contribution in [1.82, 2.24) is 9.78 Å². The maximum absolute atomic E-state index is 15.2. The van der Waals surface area contributed by atoms with E-state index in [0.717, 1.165) is 5.69 Å². The highest BCUT2D eigenvalue weighted by molar-refractivity contribution is 6.28. The summed E-state index contributed by atoms with van der Waals surface area (Å²) in [5.41, 5.74) is 2.53. The quantitative estimate of drug-likeness (QED) is 0.565. The van der Waals surface area contributed by atoms with E-state index in [2.05, 4.69) is 5.10 Å². The van der Waals surface area contributed by atoms with Crippen molar-refractivity contribution in [2.24, 2.45) is 0 Å². The molecule has 35 heavy (non-hydrogen) atoms. The van der Waals surface area contributed by atoms with E-state index in [1.54, 1.807) is 40.1 Å². The topological polar surface area (TPSA) is 76.9 Å². The summed E-state index contributed by atoms with van der Waals surface area (Å²) in [6.07, 6.45) is 4.85. The van der Waals surface area contributed by atoms with E-state index in [1.807, 2.05) is 30.3 Å². The number of carbonyl (C=O) groups excluding carboxylic acids is 2. The molecule has 2 aromatic carbocycles. The fourth-order valence-corrected chi connectivity index (χ4v) is 4.17. The molecular formula is C26H23FN4O4. The van der Waals surface area contributed by atoms with Crippen molar-refractivity contribution < 1.29 is 23.5 Å². The Hall–Kier alpha value is -4.24. The molecule has 1 saturated heterocycles. The van der Waals surface area contributed by atoms with Gasteiger partial charge in [0, 0.05) is 24.4 Å². The van der Waals surface area contributed by atoms with Crippen LogP contribution < -0.4 is 9.80 Å². The van der Waals surface area contributed by atoms with E-state index in [9.17, 15) is 9.59 Å². The van der Waals surface area contributed by atoms with Crippen LogP contribution in [0.5, 0.6) is 0 Å². The summed E-state index contributed by atoms with van der Waals surface area (Å²) in [5.74, 6) is -0.995. The number of rotatable bonds is 5. The first kappa shape index (κ1) is 22.5. The third-order valence-corrected chi connectivity index (χ3v) is 5.91. The van der Waals surface area contributed by atoms with Gasteiger partial charge >= 0.3 is 0 Å². The lowest BCUT2D eigenvalue weighted by atomic mass is 10.1. The molecule has 1 aromatic heterocycles. The summed E-state index contributed by atoms with van der Waals surface area (Å²) in [6.45, 7) is 0.965. The predicted molar refractivity (Wildman–Crippen MR) is 129 cm³/mol. The highest BCUT2D eigenvalue weighted by Gasteiger charge is 2.27. The predicted octanol–water partition coefficient (Wildman–Crippen LogP) is 3.34. The van der Waals surface area contributed by atoms with Crippen LogP contribution in [0.1, 0.15) is 5.69 Å². The number of nitrogens with zero attached hydrogens (tertiary/aromatic N) is 4. The van der Waals surface area contributed by atoms with Crippen LogP contribution >= 0.6 is 0 Å². The van der Waals surface area contributed by atoms with Crippen molar-refractivity contribution in [2.45, 2.75) is 0 Å². The number of halogens is 1. The lowest BCUT2D eigenvalue weighted by Crippen LogP contribution is -2.41. The van der Waals surface area contributed by atoms with E-state index in [1.165, 1.54) is 24.3 Å². The smallest absolute Gasteiger partial charge is 0.253 e. The first-order valence-corrected chi connectivity index (χ1v) is 11.1. The number of methoxy groups -OCH3 is 1. The van der Waals surface area contributed by atoms with Gasteiger partial charge in [0.05, 0.1) is 43.2 Å². The minimum atomic E-state index is -0.521. The normalized spacial score (nSPS) is 16.6.